The highest BCUT2D eigenvalue weighted by molar-refractivity contribution is 7.11. The van der Waals surface area contributed by atoms with Crippen LogP contribution in [0.1, 0.15) is 41.0 Å². The summed E-state index contributed by atoms with van der Waals surface area (Å²) in [5, 5.41) is 1.10. The number of thiazole rings is 1. The molecule has 0 saturated carbocycles. The van der Waals surface area contributed by atoms with Crippen LogP contribution in [0.5, 0.6) is 5.75 Å². The van der Waals surface area contributed by atoms with Gasteiger partial charge in [0.05, 0.1) is 17.3 Å². The minimum atomic E-state index is 0.0587. The van der Waals surface area contributed by atoms with Crippen molar-refractivity contribution in [2.45, 2.75) is 39.7 Å². The molecule has 1 atom stereocenters. The van der Waals surface area contributed by atoms with Gasteiger partial charge in [-0.3, -0.25) is 0 Å². The van der Waals surface area contributed by atoms with Gasteiger partial charge in [0.2, 0.25) is 0 Å². The SMILES string of the molecule is CCc1cccc(OCCc2nc(C)c(C(C)N)s2)c1. The first-order valence-corrected chi connectivity index (χ1v) is 7.85. The molecule has 0 fully saturated rings. The van der Waals surface area contributed by atoms with Crippen molar-refractivity contribution < 1.29 is 4.74 Å². The van der Waals surface area contributed by atoms with Crippen LogP contribution in [0.25, 0.3) is 0 Å². The summed E-state index contributed by atoms with van der Waals surface area (Å²) < 4.78 is 5.80. The zero-order valence-corrected chi connectivity index (χ0v) is 13.2. The van der Waals surface area contributed by atoms with Crippen LogP contribution in [0, 0.1) is 6.92 Å². The highest BCUT2D eigenvalue weighted by atomic mass is 32.1. The van der Waals surface area contributed by atoms with Gasteiger partial charge in [-0.2, -0.15) is 0 Å². The van der Waals surface area contributed by atoms with Crippen molar-refractivity contribution >= 4 is 11.3 Å². The second kappa shape index (κ2) is 6.86. The Bertz CT molecular complexity index is 563. The number of hydrogen-bond donors (Lipinski definition) is 1. The lowest BCUT2D eigenvalue weighted by atomic mass is 10.2. The Hall–Kier alpha value is -1.39. The van der Waals surface area contributed by atoms with Gasteiger partial charge >= 0.3 is 0 Å². The monoisotopic (exact) mass is 290 g/mol. The minimum absolute atomic E-state index is 0.0587. The van der Waals surface area contributed by atoms with Gasteiger partial charge in [0, 0.05) is 17.3 Å². The smallest absolute Gasteiger partial charge is 0.119 e. The molecular weight excluding hydrogens is 268 g/mol. The molecule has 1 heterocycles. The predicted octanol–water partition coefficient (Wildman–Crippen LogP) is 3.66. The molecule has 0 radical (unpaired) electrons. The van der Waals surface area contributed by atoms with E-state index in [1.165, 1.54) is 10.4 Å². The molecule has 1 aromatic carbocycles. The Morgan fingerprint density at radius 3 is 2.85 bits per heavy atom. The fourth-order valence-electron chi connectivity index (χ4n) is 2.11. The number of ether oxygens (including phenoxy) is 1. The van der Waals surface area contributed by atoms with Crippen molar-refractivity contribution in [1.29, 1.82) is 0 Å². The molecule has 4 heteroatoms. The quantitative estimate of drug-likeness (QED) is 0.883. The van der Waals surface area contributed by atoms with Crippen molar-refractivity contribution in [2.24, 2.45) is 5.73 Å². The number of aromatic nitrogens is 1. The average Bonchev–Trinajstić information content (AvgIpc) is 2.80. The summed E-state index contributed by atoms with van der Waals surface area (Å²) in [6.07, 6.45) is 1.86. The van der Waals surface area contributed by atoms with E-state index >= 15 is 0 Å². The molecule has 0 bridgehead atoms. The van der Waals surface area contributed by atoms with Gasteiger partial charge in [-0.1, -0.05) is 19.1 Å². The summed E-state index contributed by atoms with van der Waals surface area (Å²) in [5.41, 5.74) is 8.27. The zero-order valence-electron chi connectivity index (χ0n) is 12.3. The fraction of sp³-hybridized carbons (Fsp3) is 0.438. The van der Waals surface area contributed by atoms with Gasteiger partial charge < -0.3 is 10.5 Å². The van der Waals surface area contributed by atoms with Gasteiger partial charge in [0.25, 0.3) is 0 Å². The molecule has 0 aliphatic rings. The molecular formula is C16H22N2OS. The number of nitrogens with two attached hydrogens (primary N) is 1. The van der Waals surface area contributed by atoms with E-state index in [0.29, 0.717) is 6.61 Å². The van der Waals surface area contributed by atoms with Crippen LogP contribution >= 0.6 is 11.3 Å². The van der Waals surface area contributed by atoms with Gasteiger partial charge in [0.15, 0.2) is 0 Å². The molecule has 0 aliphatic carbocycles. The van der Waals surface area contributed by atoms with Crippen LogP contribution < -0.4 is 10.5 Å². The molecule has 108 valence electrons. The summed E-state index contributed by atoms with van der Waals surface area (Å²) >= 11 is 1.69. The maximum absolute atomic E-state index is 5.92. The van der Waals surface area contributed by atoms with Crippen molar-refractivity contribution in [3.05, 3.63) is 45.4 Å². The largest absolute Gasteiger partial charge is 0.493 e. The van der Waals surface area contributed by atoms with Crippen LogP contribution in [0.2, 0.25) is 0 Å². The van der Waals surface area contributed by atoms with Gasteiger partial charge in [0.1, 0.15) is 5.75 Å². The molecule has 1 unspecified atom stereocenters. The first kappa shape index (κ1) is 15.0. The second-order valence-corrected chi connectivity index (χ2v) is 6.06. The molecule has 3 nitrogen and oxygen atoms in total. The molecule has 2 N–H and O–H groups in total. The normalized spacial score (nSPS) is 12.4. The third-order valence-electron chi connectivity index (χ3n) is 3.18. The highest BCUT2D eigenvalue weighted by Crippen LogP contribution is 2.24. The number of rotatable bonds is 6. The summed E-state index contributed by atoms with van der Waals surface area (Å²) in [4.78, 5) is 5.73. The van der Waals surface area contributed by atoms with E-state index in [9.17, 15) is 0 Å². The minimum Gasteiger partial charge on any atom is -0.493 e. The maximum atomic E-state index is 5.92. The molecule has 20 heavy (non-hydrogen) atoms. The zero-order chi connectivity index (χ0) is 14.5. The predicted molar refractivity (Wildman–Crippen MR) is 84.5 cm³/mol. The van der Waals surface area contributed by atoms with Crippen LogP contribution in [-0.4, -0.2) is 11.6 Å². The Morgan fingerprint density at radius 1 is 1.40 bits per heavy atom. The molecule has 0 saturated heterocycles. The van der Waals surface area contributed by atoms with E-state index in [2.05, 4.69) is 24.0 Å². The Morgan fingerprint density at radius 2 is 2.20 bits per heavy atom. The molecule has 0 spiro atoms. The molecule has 1 aromatic heterocycles. The lowest BCUT2D eigenvalue weighted by Gasteiger charge is -2.06. The summed E-state index contributed by atoms with van der Waals surface area (Å²) in [5.74, 6) is 0.935. The first-order valence-electron chi connectivity index (χ1n) is 7.03. The van der Waals surface area contributed by atoms with E-state index < -0.39 is 0 Å². The maximum Gasteiger partial charge on any atom is 0.119 e. The molecule has 2 rings (SSSR count). The van der Waals surface area contributed by atoms with Crippen LogP contribution in [-0.2, 0) is 12.8 Å². The Kier molecular flexibility index (Phi) is 5.15. The Balaban J connectivity index is 1.91. The Labute approximate surface area is 124 Å². The average molecular weight is 290 g/mol. The summed E-state index contributed by atoms with van der Waals surface area (Å²) in [7, 11) is 0. The van der Waals surface area contributed by atoms with Crippen molar-refractivity contribution in [2.75, 3.05) is 6.61 Å². The van der Waals surface area contributed by atoms with Gasteiger partial charge in [-0.05, 0) is 38.0 Å². The van der Waals surface area contributed by atoms with E-state index in [0.717, 1.165) is 29.3 Å². The van der Waals surface area contributed by atoms with Crippen LogP contribution in [0.4, 0.5) is 0 Å². The lowest BCUT2D eigenvalue weighted by Crippen LogP contribution is -2.03. The van der Waals surface area contributed by atoms with E-state index in [1.54, 1.807) is 11.3 Å². The highest BCUT2D eigenvalue weighted by Gasteiger charge is 2.10. The van der Waals surface area contributed by atoms with Crippen LogP contribution in [0.3, 0.4) is 0 Å². The number of hydrogen-bond acceptors (Lipinski definition) is 4. The third-order valence-corrected chi connectivity index (χ3v) is 4.60. The van der Waals surface area contributed by atoms with Gasteiger partial charge in [-0.15, -0.1) is 11.3 Å². The van der Waals surface area contributed by atoms with Gasteiger partial charge in [-0.25, -0.2) is 4.98 Å². The van der Waals surface area contributed by atoms with Crippen molar-refractivity contribution in [3.8, 4) is 5.75 Å². The second-order valence-electron chi connectivity index (χ2n) is 4.95. The van der Waals surface area contributed by atoms with E-state index in [4.69, 9.17) is 10.5 Å². The van der Waals surface area contributed by atoms with E-state index in [-0.39, 0.29) is 6.04 Å². The van der Waals surface area contributed by atoms with Crippen LogP contribution in [0.15, 0.2) is 24.3 Å². The first-order chi connectivity index (χ1) is 9.60. The number of nitrogens with zero attached hydrogens (tertiary/aromatic N) is 1. The van der Waals surface area contributed by atoms with Crippen molar-refractivity contribution in [1.82, 2.24) is 4.98 Å². The molecule has 0 aliphatic heterocycles. The van der Waals surface area contributed by atoms with E-state index in [1.807, 2.05) is 26.0 Å². The number of benzene rings is 1. The lowest BCUT2D eigenvalue weighted by molar-refractivity contribution is 0.321. The van der Waals surface area contributed by atoms with Crippen molar-refractivity contribution in [3.63, 3.8) is 0 Å². The number of aryl methyl sites for hydroxylation is 2. The third kappa shape index (κ3) is 3.81. The fourth-order valence-corrected chi connectivity index (χ4v) is 3.11. The standard InChI is InChI=1S/C16H22N2OS/c1-4-13-6-5-7-14(10-13)19-9-8-15-18-12(3)16(20-15)11(2)17/h5-7,10-11H,4,8-9,17H2,1-3H3. The summed E-state index contributed by atoms with van der Waals surface area (Å²) in [6.45, 7) is 6.81. The summed E-state index contributed by atoms with van der Waals surface area (Å²) in [6, 6.07) is 8.31. The topological polar surface area (TPSA) is 48.1 Å². The molecule has 0 amide bonds. The molecule has 2 aromatic rings.